The number of rotatable bonds is 5. The fourth-order valence-electron chi connectivity index (χ4n) is 1.56. The van der Waals surface area contributed by atoms with Crippen molar-refractivity contribution >= 4 is 27.6 Å². The number of hydrazine groups is 1. The van der Waals surface area contributed by atoms with Gasteiger partial charge in [-0.25, -0.2) is 12.8 Å². The Labute approximate surface area is 138 Å². The first-order valence-electron chi connectivity index (χ1n) is 7.00. The molecule has 0 spiro atoms. The molecule has 0 heterocycles. The Morgan fingerprint density at radius 2 is 1.62 bits per heavy atom. The van der Waals surface area contributed by atoms with E-state index in [1.165, 1.54) is 0 Å². The van der Waals surface area contributed by atoms with E-state index in [9.17, 15) is 27.2 Å². The second-order valence-corrected chi connectivity index (χ2v) is 7.26. The average molecular weight is 359 g/mol. The van der Waals surface area contributed by atoms with Crippen molar-refractivity contribution in [3.8, 4) is 0 Å². The third-order valence-electron chi connectivity index (χ3n) is 2.71. The van der Waals surface area contributed by atoms with Gasteiger partial charge in [-0.15, -0.1) is 0 Å². The lowest BCUT2D eigenvalue weighted by molar-refractivity contribution is -0.141. The Morgan fingerprint density at radius 1 is 1.04 bits per heavy atom. The van der Waals surface area contributed by atoms with Crippen molar-refractivity contribution < 1.29 is 27.2 Å². The number of hydrogen-bond acceptors (Lipinski definition) is 5. The van der Waals surface area contributed by atoms with Gasteiger partial charge < -0.3 is 5.32 Å². The maximum atomic E-state index is 12.8. The number of hydrogen-bond donors (Lipinski definition) is 3. The highest BCUT2D eigenvalue weighted by Gasteiger charge is 2.18. The van der Waals surface area contributed by atoms with Crippen LogP contribution in [0.2, 0.25) is 0 Å². The molecular formula is C14H18FN3O5S. The lowest BCUT2D eigenvalue weighted by atomic mass is 10.4. The second-order valence-electron chi connectivity index (χ2n) is 5.15. The molecule has 0 radical (unpaired) electrons. The van der Waals surface area contributed by atoms with E-state index in [0.717, 1.165) is 24.3 Å². The van der Waals surface area contributed by atoms with Gasteiger partial charge in [0.2, 0.25) is 5.91 Å². The molecule has 0 bridgehead atoms. The van der Waals surface area contributed by atoms with Crippen molar-refractivity contribution in [2.45, 2.75) is 31.2 Å². The van der Waals surface area contributed by atoms with E-state index in [0.29, 0.717) is 0 Å². The minimum absolute atomic E-state index is 0.114. The van der Waals surface area contributed by atoms with E-state index in [2.05, 4.69) is 5.32 Å². The van der Waals surface area contributed by atoms with Gasteiger partial charge in [0.15, 0.2) is 9.84 Å². The highest BCUT2D eigenvalue weighted by atomic mass is 32.2. The number of benzene rings is 1. The van der Waals surface area contributed by atoms with Crippen LogP contribution in [0, 0.1) is 5.82 Å². The summed E-state index contributed by atoms with van der Waals surface area (Å²) in [5, 5.41) is 2.32. The molecule has 1 aromatic carbocycles. The molecule has 8 nitrogen and oxygen atoms in total. The molecule has 0 aliphatic rings. The third kappa shape index (κ3) is 6.32. The van der Waals surface area contributed by atoms with E-state index in [4.69, 9.17) is 0 Å². The van der Waals surface area contributed by atoms with Crippen LogP contribution in [0.5, 0.6) is 0 Å². The monoisotopic (exact) mass is 359 g/mol. The summed E-state index contributed by atoms with van der Waals surface area (Å²) in [5.41, 5.74) is 3.82. The Kier molecular flexibility index (Phi) is 6.83. The first-order chi connectivity index (χ1) is 11.1. The number of carbonyl (C=O) groups is 3. The maximum absolute atomic E-state index is 12.8. The summed E-state index contributed by atoms with van der Waals surface area (Å²) in [4.78, 5) is 34.1. The van der Waals surface area contributed by atoms with Crippen LogP contribution in [-0.2, 0) is 24.2 Å². The Balaban J connectivity index is 2.47. The number of sulfone groups is 1. The van der Waals surface area contributed by atoms with Crippen molar-refractivity contribution in [3.05, 3.63) is 30.1 Å². The van der Waals surface area contributed by atoms with E-state index in [1.54, 1.807) is 13.8 Å². The second kappa shape index (κ2) is 8.39. The van der Waals surface area contributed by atoms with E-state index in [-0.39, 0.29) is 10.9 Å². The maximum Gasteiger partial charge on any atom is 0.327 e. The van der Waals surface area contributed by atoms with Crippen LogP contribution < -0.4 is 16.2 Å². The van der Waals surface area contributed by atoms with Gasteiger partial charge in [0.1, 0.15) is 5.82 Å². The summed E-state index contributed by atoms with van der Waals surface area (Å²) < 4.78 is 36.7. The molecule has 24 heavy (non-hydrogen) atoms. The summed E-state index contributed by atoms with van der Waals surface area (Å²) in [5.74, 6) is -3.89. The quantitative estimate of drug-likeness (QED) is 0.377. The van der Waals surface area contributed by atoms with Crippen molar-refractivity contribution in [1.29, 1.82) is 0 Å². The summed E-state index contributed by atoms with van der Waals surface area (Å²) in [6, 6.07) is 3.95. The molecule has 0 atom stereocenters. The lowest BCUT2D eigenvalue weighted by Crippen LogP contribution is -2.49. The molecule has 10 heteroatoms. The molecule has 0 aliphatic heterocycles. The Hall–Kier alpha value is -2.49. The summed E-state index contributed by atoms with van der Waals surface area (Å²) >= 11 is 0. The fourth-order valence-corrected chi connectivity index (χ4v) is 2.80. The Bertz CT molecular complexity index is 716. The van der Waals surface area contributed by atoms with Gasteiger partial charge in [0, 0.05) is 12.5 Å². The van der Waals surface area contributed by atoms with Gasteiger partial charge in [-0.2, -0.15) is 0 Å². The molecule has 132 valence electrons. The normalized spacial score (nSPS) is 11.0. The zero-order chi connectivity index (χ0) is 18.3. The van der Waals surface area contributed by atoms with Gasteiger partial charge in [0.25, 0.3) is 0 Å². The largest absolute Gasteiger partial charge is 0.346 e. The molecule has 0 aromatic heterocycles. The van der Waals surface area contributed by atoms with E-state index >= 15 is 0 Å². The van der Waals surface area contributed by atoms with Crippen molar-refractivity contribution in [2.24, 2.45) is 0 Å². The molecule has 0 saturated heterocycles. The first-order valence-corrected chi connectivity index (χ1v) is 8.65. The Morgan fingerprint density at radius 3 is 2.17 bits per heavy atom. The number of nitrogens with one attached hydrogen (secondary N) is 3. The SMILES string of the molecule is CC(C)NC(=O)C(=O)NNC(=O)CCS(=O)(=O)c1ccc(F)cc1. The third-order valence-corrected chi connectivity index (χ3v) is 4.44. The van der Waals surface area contributed by atoms with Gasteiger partial charge in [-0.1, -0.05) is 0 Å². The molecule has 1 aromatic rings. The van der Waals surface area contributed by atoms with Gasteiger partial charge in [-0.3, -0.25) is 25.2 Å². The topological polar surface area (TPSA) is 121 Å². The fraction of sp³-hybridized carbons (Fsp3) is 0.357. The summed E-state index contributed by atoms with van der Waals surface area (Å²) in [6.07, 6.45) is -0.439. The lowest BCUT2D eigenvalue weighted by Gasteiger charge is -2.10. The van der Waals surface area contributed by atoms with Crippen molar-refractivity contribution in [2.75, 3.05) is 5.75 Å². The van der Waals surface area contributed by atoms with Crippen LogP contribution in [0.4, 0.5) is 4.39 Å². The number of halogens is 1. The molecule has 0 fully saturated rings. The number of carbonyl (C=O) groups excluding carboxylic acids is 3. The molecule has 1 rings (SSSR count). The van der Waals surface area contributed by atoms with Crippen LogP contribution >= 0.6 is 0 Å². The average Bonchev–Trinajstić information content (AvgIpc) is 2.50. The zero-order valence-electron chi connectivity index (χ0n) is 13.1. The van der Waals surface area contributed by atoms with Crippen LogP contribution in [0.1, 0.15) is 20.3 Å². The van der Waals surface area contributed by atoms with E-state index in [1.807, 2.05) is 10.9 Å². The standard InChI is InChI=1S/C14H18FN3O5S/c1-9(2)16-13(20)14(21)18-17-12(19)7-8-24(22,23)11-5-3-10(15)4-6-11/h3-6,9H,7-8H2,1-2H3,(H,16,20)(H,17,19)(H,18,21). The minimum Gasteiger partial charge on any atom is -0.346 e. The molecule has 0 unspecified atom stereocenters. The van der Waals surface area contributed by atoms with Gasteiger partial charge >= 0.3 is 11.8 Å². The molecule has 0 aliphatic carbocycles. The van der Waals surface area contributed by atoms with Crippen LogP contribution in [0.3, 0.4) is 0 Å². The predicted molar refractivity (Wildman–Crippen MR) is 82.6 cm³/mol. The molecule has 0 saturated carbocycles. The van der Waals surface area contributed by atoms with Crippen LogP contribution in [0.15, 0.2) is 29.2 Å². The molecule has 3 amide bonds. The molecular weight excluding hydrogens is 341 g/mol. The van der Waals surface area contributed by atoms with E-state index < -0.39 is 45.5 Å². The predicted octanol–water partition coefficient (Wildman–Crippen LogP) is -0.338. The van der Waals surface area contributed by atoms with Crippen LogP contribution in [0.25, 0.3) is 0 Å². The highest BCUT2D eigenvalue weighted by Crippen LogP contribution is 2.12. The zero-order valence-corrected chi connectivity index (χ0v) is 13.9. The summed E-state index contributed by atoms with van der Waals surface area (Å²) in [6.45, 7) is 3.31. The van der Waals surface area contributed by atoms with Gasteiger partial charge in [-0.05, 0) is 38.1 Å². The number of amides is 3. The summed E-state index contributed by atoms with van der Waals surface area (Å²) in [7, 11) is -3.76. The van der Waals surface area contributed by atoms with Crippen molar-refractivity contribution in [3.63, 3.8) is 0 Å². The van der Waals surface area contributed by atoms with Gasteiger partial charge in [0.05, 0.1) is 10.6 Å². The molecule has 3 N–H and O–H groups in total. The van der Waals surface area contributed by atoms with Crippen molar-refractivity contribution in [1.82, 2.24) is 16.2 Å². The minimum atomic E-state index is -3.76. The highest BCUT2D eigenvalue weighted by molar-refractivity contribution is 7.91. The first kappa shape index (κ1) is 19.6. The smallest absolute Gasteiger partial charge is 0.327 e. The van der Waals surface area contributed by atoms with Crippen LogP contribution in [-0.4, -0.2) is 37.9 Å².